The maximum atomic E-state index is 12.0. The van der Waals surface area contributed by atoms with Gasteiger partial charge in [-0.25, -0.2) is 4.98 Å². The number of nitrogens with one attached hydrogen (secondary N) is 1. The van der Waals surface area contributed by atoms with Crippen LogP contribution in [0.4, 0.5) is 15.8 Å². The van der Waals surface area contributed by atoms with E-state index >= 15 is 0 Å². The third-order valence-corrected chi connectivity index (χ3v) is 3.95. The van der Waals surface area contributed by atoms with E-state index in [9.17, 15) is 9.70 Å². The number of nitroso groups, excluding NO2 is 1. The summed E-state index contributed by atoms with van der Waals surface area (Å²) < 4.78 is 0.948. The first kappa shape index (κ1) is 13.9. The lowest BCUT2D eigenvalue weighted by Crippen LogP contribution is -2.14. The third-order valence-electron chi connectivity index (χ3n) is 2.33. The largest absolute Gasteiger partial charge is 0.398 e. The number of anilines is 2. The van der Waals surface area contributed by atoms with Gasteiger partial charge in [-0.15, -0.1) is 4.91 Å². The number of carbonyl (C=O) groups excluding carboxylic acids is 1. The minimum absolute atomic E-state index is 0.255. The summed E-state index contributed by atoms with van der Waals surface area (Å²) >= 11 is 3.14. The van der Waals surface area contributed by atoms with Crippen molar-refractivity contribution in [2.75, 3.05) is 11.1 Å². The Labute approximate surface area is 126 Å². The second kappa shape index (κ2) is 5.61. The number of nitrogen functional groups attached to an aromatic ring is 1. The Hall–Kier alpha value is -1.55. The van der Waals surface area contributed by atoms with E-state index in [-0.39, 0.29) is 10.9 Å². The van der Waals surface area contributed by atoms with Crippen molar-refractivity contribution < 1.29 is 4.79 Å². The highest BCUT2D eigenvalue weighted by Gasteiger charge is 2.14. The van der Waals surface area contributed by atoms with Gasteiger partial charge in [-0.05, 0) is 52.9 Å². The first-order valence-electron chi connectivity index (χ1n) is 5.18. The maximum absolute atomic E-state index is 12.0. The molecule has 1 aromatic carbocycles. The quantitative estimate of drug-likeness (QED) is 0.479. The molecule has 1 amide bonds. The minimum atomic E-state index is -0.361. The monoisotopic (exact) mass is 388 g/mol. The summed E-state index contributed by atoms with van der Waals surface area (Å²) in [6, 6.07) is 5.14. The van der Waals surface area contributed by atoms with Gasteiger partial charge in [0.05, 0.1) is 11.3 Å². The molecule has 0 radical (unpaired) electrons. The number of halogens is 1. The first-order valence-corrected chi connectivity index (χ1v) is 7.08. The number of amides is 1. The zero-order valence-corrected chi connectivity index (χ0v) is 12.8. The Morgan fingerprint density at radius 1 is 1.53 bits per heavy atom. The standard InChI is InChI=1S/C11H9IN4O2S/c1-5-10(16-18)19-11(14-5)15-9(17)7-3-2-6(12)4-8(7)13/h2-4H,13H2,1H3,(H,14,15,17). The van der Waals surface area contributed by atoms with E-state index in [2.05, 4.69) is 38.1 Å². The smallest absolute Gasteiger partial charge is 0.259 e. The summed E-state index contributed by atoms with van der Waals surface area (Å²) in [5.41, 5.74) is 7.04. The number of rotatable bonds is 3. The Morgan fingerprint density at radius 2 is 2.26 bits per heavy atom. The SMILES string of the molecule is Cc1nc(NC(=O)c2ccc(I)cc2N)sc1N=O. The Bertz CT molecular complexity index is 656. The van der Waals surface area contributed by atoms with E-state index in [1.54, 1.807) is 25.1 Å². The molecular weight excluding hydrogens is 379 g/mol. The molecule has 0 aliphatic carbocycles. The van der Waals surface area contributed by atoms with Crippen LogP contribution in [0.15, 0.2) is 23.4 Å². The molecule has 6 nitrogen and oxygen atoms in total. The Kier molecular flexibility index (Phi) is 4.10. The molecule has 8 heteroatoms. The molecule has 3 N–H and O–H groups in total. The predicted octanol–water partition coefficient (Wildman–Crippen LogP) is 3.29. The number of hydrogen-bond acceptors (Lipinski definition) is 6. The highest BCUT2D eigenvalue weighted by Crippen LogP contribution is 2.30. The lowest BCUT2D eigenvalue weighted by molar-refractivity contribution is 0.102. The van der Waals surface area contributed by atoms with Crippen molar-refractivity contribution in [1.29, 1.82) is 0 Å². The van der Waals surface area contributed by atoms with Gasteiger partial charge in [0.25, 0.3) is 5.91 Å². The molecule has 2 rings (SSSR count). The normalized spacial score (nSPS) is 10.2. The van der Waals surface area contributed by atoms with Crippen molar-refractivity contribution in [3.8, 4) is 0 Å². The van der Waals surface area contributed by atoms with Crippen LogP contribution >= 0.6 is 33.9 Å². The second-order valence-corrected chi connectivity index (χ2v) is 5.91. The molecule has 98 valence electrons. The fraction of sp³-hybridized carbons (Fsp3) is 0.0909. The fourth-order valence-corrected chi connectivity index (χ4v) is 2.69. The summed E-state index contributed by atoms with van der Waals surface area (Å²) in [7, 11) is 0. The fourth-order valence-electron chi connectivity index (χ4n) is 1.43. The van der Waals surface area contributed by atoms with E-state index in [0.717, 1.165) is 14.9 Å². The van der Waals surface area contributed by atoms with E-state index in [1.165, 1.54) is 0 Å². The first-order chi connectivity index (χ1) is 9.01. The molecule has 0 aliphatic rings. The van der Waals surface area contributed by atoms with Gasteiger partial charge in [-0.2, -0.15) is 0 Å². The highest BCUT2D eigenvalue weighted by molar-refractivity contribution is 14.1. The topological polar surface area (TPSA) is 97.4 Å². The molecule has 19 heavy (non-hydrogen) atoms. The minimum Gasteiger partial charge on any atom is -0.398 e. The number of nitrogens with zero attached hydrogens (tertiary/aromatic N) is 2. The van der Waals surface area contributed by atoms with Crippen molar-refractivity contribution in [2.45, 2.75) is 6.92 Å². The van der Waals surface area contributed by atoms with Crippen LogP contribution in [0.25, 0.3) is 0 Å². The van der Waals surface area contributed by atoms with Gasteiger partial charge in [0, 0.05) is 9.26 Å². The van der Waals surface area contributed by atoms with E-state index < -0.39 is 0 Å². The van der Waals surface area contributed by atoms with Crippen molar-refractivity contribution in [3.05, 3.63) is 37.9 Å². The van der Waals surface area contributed by atoms with Crippen LogP contribution < -0.4 is 11.1 Å². The maximum Gasteiger partial charge on any atom is 0.259 e. The molecule has 1 heterocycles. The number of aromatic nitrogens is 1. The molecule has 0 unspecified atom stereocenters. The van der Waals surface area contributed by atoms with Crippen LogP contribution in [-0.4, -0.2) is 10.9 Å². The van der Waals surface area contributed by atoms with Crippen LogP contribution in [0.3, 0.4) is 0 Å². The second-order valence-electron chi connectivity index (χ2n) is 3.69. The van der Waals surface area contributed by atoms with Gasteiger partial charge in [-0.1, -0.05) is 11.3 Å². The molecule has 0 saturated carbocycles. The summed E-state index contributed by atoms with van der Waals surface area (Å²) in [6.07, 6.45) is 0. The van der Waals surface area contributed by atoms with Crippen molar-refractivity contribution in [2.24, 2.45) is 5.18 Å². The zero-order chi connectivity index (χ0) is 14.0. The van der Waals surface area contributed by atoms with Gasteiger partial charge < -0.3 is 5.73 Å². The molecule has 0 fully saturated rings. The molecule has 0 bridgehead atoms. The van der Waals surface area contributed by atoms with Crippen LogP contribution in [0.5, 0.6) is 0 Å². The van der Waals surface area contributed by atoms with Crippen LogP contribution in [0.1, 0.15) is 16.1 Å². The van der Waals surface area contributed by atoms with Gasteiger partial charge >= 0.3 is 0 Å². The molecule has 0 spiro atoms. The number of benzene rings is 1. The molecule has 2 aromatic rings. The van der Waals surface area contributed by atoms with E-state index in [4.69, 9.17) is 5.73 Å². The van der Waals surface area contributed by atoms with E-state index in [0.29, 0.717) is 22.1 Å². The van der Waals surface area contributed by atoms with Crippen molar-refractivity contribution in [1.82, 2.24) is 4.98 Å². The van der Waals surface area contributed by atoms with Gasteiger partial charge in [0.2, 0.25) is 0 Å². The summed E-state index contributed by atoms with van der Waals surface area (Å²) in [5.74, 6) is -0.361. The Morgan fingerprint density at radius 3 is 2.84 bits per heavy atom. The lowest BCUT2D eigenvalue weighted by Gasteiger charge is -2.05. The highest BCUT2D eigenvalue weighted by atomic mass is 127. The average molecular weight is 388 g/mol. The lowest BCUT2D eigenvalue weighted by atomic mass is 10.2. The number of thiazole rings is 1. The van der Waals surface area contributed by atoms with Crippen LogP contribution in [0, 0.1) is 15.4 Å². The summed E-state index contributed by atoms with van der Waals surface area (Å²) in [5, 5.41) is 6.01. The molecular formula is C11H9IN4O2S. The van der Waals surface area contributed by atoms with Gasteiger partial charge in [0.15, 0.2) is 10.1 Å². The number of hydrogen-bond donors (Lipinski definition) is 2. The number of nitrogens with two attached hydrogens (primary N) is 1. The number of carbonyl (C=O) groups is 1. The van der Waals surface area contributed by atoms with Crippen molar-refractivity contribution in [3.63, 3.8) is 0 Å². The average Bonchev–Trinajstić information content (AvgIpc) is 2.69. The Balaban J connectivity index is 2.22. The van der Waals surface area contributed by atoms with Crippen molar-refractivity contribution >= 4 is 55.7 Å². The summed E-state index contributed by atoms with van der Waals surface area (Å²) in [6.45, 7) is 1.65. The van der Waals surface area contributed by atoms with Crippen LogP contribution in [-0.2, 0) is 0 Å². The molecule has 0 atom stereocenters. The zero-order valence-electron chi connectivity index (χ0n) is 9.81. The van der Waals surface area contributed by atoms with Gasteiger partial charge in [-0.3, -0.25) is 10.1 Å². The van der Waals surface area contributed by atoms with Gasteiger partial charge in [0.1, 0.15) is 0 Å². The molecule has 0 aliphatic heterocycles. The molecule has 1 aromatic heterocycles. The third kappa shape index (κ3) is 3.07. The van der Waals surface area contributed by atoms with E-state index in [1.807, 2.05) is 0 Å². The summed E-state index contributed by atoms with van der Waals surface area (Å²) in [4.78, 5) is 26.5. The molecule has 0 saturated heterocycles. The predicted molar refractivity (Wildman–Crippen MR) is 83.8 cm³/mol. The van der Waals surface area contributed by atoms with Crippen LogP contribution in [0.2, 0.25) is 0 Å². The number of aryl methyl sites for hydroxylation is 1.